The Morgan fingerprint density at radius 2 is 1.73 bits per heavy atom. The van der Waals surface area contributed by atoms with Crippen LogP contribution in [0.5, 0.6) is 0 Å². The summed E-state index contributed by atoms with van der Waals surface area (Å²) >= 11 is 0. The molecule has 15 heavy (non-hydrogen) atoms. The Balaban J connectivity index is 2.64. The Labute approximate surface area is 91.6 Å². The van der Waals surface area contributed by atoms with Gasteiger partial charge in [0.05, 0.1) is 6.10 Å². The molecule has 2 N–H and O–H groups in total. The fourth-order valence-corrected chi connectivity index (χ4v) is 1.78. The van der Waals surface area contributed by atoms with E-state index in [9.17, 15) is 10.2 Å². The van der Waals surface area contributed by atoms with Gasteiger partial charge in [-0.05, 0) is 17.9 Å². The second-order valence-corrected chi connectivity index (χ2v) is 4.11. The lowest BCUT2D eigenvalue weighted by atomic mass is 9.92. The molecule has 1 rings (SSSR count). The van der Waals surface area contributed by atoms with Crippen molar-refractivity contribution in [2.24, 2.45) is 5.92 Å². The molecular weight excluding hydrogens is 188 g/mol. The fraction of sp³-hybridized carbons (Fsp3) is 0.538. The monoisotopic (exact) mass is 208 g/mol. The summed E-state index contributed by atoms with van der Waals surface area (Å²) in [5.41, 5.74) is 0.785. The Bertz CT molecular complexity index is 271. The molecule has 2 heteroatoms. The summed E-state index contributed by atoms with van der Waals surface area (Å²) < 4.78 is 0. The molecule has 1 aromatic rings. The van der Waals surface area contributed by atoms with Crippen molar-refractivity contribution in [1.82, 2.24) is 0 Å². The first-order valence-electron chi connectivity index (χ1n) is 5.58. The van der Waals surface area contributed by atoms with E-state index in [0.29, 0.717) is 0 Å². The van der Waals surface area contributed by atoms with Crippen molar-refractivity contribution in [3.8, 4) is 0 Å². The molecule has 0 bridgehead atoms. The van der Waals surface area contributed by atoms with Gasteiger partial charge in [-0.1, -0.05) is 50.6 Å². The van der Waals surface area contributed by atoms with Gasteiger partial charge in [0, 0.05) is 0 Å². The minimum absolute atomic E-state index is 0.130. The van der Waals surface area contributed by atoms with Gasteiger partial charge in [-0.2, -0.15) is 0 Å². The van der Waals surface area contributed by atoms with Gasteiger partial charge >= 0.3 is 0 Å². The van der Waals surface area contributed by atoms with E-state index >= 15 is 0 Å². The van der Waals surface area contributed by atoms with Crippen LogP contribution in [0.25, 0.3) is 0 Å². The molecular formula is C13H20O2. The topological polar surface area (TPSA) is 40.5 Å². The highest BCUT2D eigenvalue weighted by Crippen LogP contribution is 2.24. The summed E-state index contributed by atoms with van der Waals surface area (Å²) in [4.78, 5) is 0. The second kappa shape index (κ2) is 5.89. The molecule has 0 heterocycles. The van der Waals surface area contributed by atoms with E-state index in [0.717, 1.165) is 18.4 Å². The quantitative estimate of drug-likeness (QED) is 0.780. The van der Waals surface area contributed by atoms with Crippen LogP contribution < -0.4 is 0 Å². The summed E-state index contributed by atoms with van der Waals surface area (Å²) in [7, 11) is 0. The van der Waals surface area contributed by atoms with Crippen LogP contribution in [0.1, 0.15) is 38.4 Å². The van der Waals surface area contributed by atoms with Crippen LogP contribution >= 0.6 is 0 Å². The molecule has 0 aliphatic heterocycles. The van der Waals surface area contributed by atoms with Crippen molar-refractivity contribution >= 4 is 0 Å². The van der Waals surface area contributed by atoms with Gasteiger partial charge in [0.25, 0.3) is 0 Å². The number of hydrogen-bond acceptors (Lipinski definition) is 2. The zero-order chi connectivity index (χ0) is 11.3. The van der Waals surface area contributed by atoms with E-state index in [1.54, 1.807) is 0 Å². The van der Waals surface area contributed by atoms with Crippen molar-refractivity contribution in [3.63, 3.8) is 0 Å². The first-order chi connectivity index (χ1) is 7.16. The number of aliphatic hydroxyl groups is 2. The Morgan fingerprint density at radius 3 is 2.27 bits per heavy atom. The van der Waals surface area contributed by atoms with Crippen LogP contribution in [0.3, 0.4) is 0 Å². The van der Waals surface area contributed by atoms with E-state index in [-0.39, 0.29) is 5.92 Å². The van der Waals surface area contributed by atoms with Crippen molar-refractivity contribution in [2.45, 2.75) is 38.9 Å². The number of hydrogen-bond donors (Lipinski definition) is 2. The van der Waals surface area contributed by atoms with Crippen molar-refractivity contribution < 1.29 is 10.2 Å². The first-order valence-corrected chi connectivity index (χ1v) is 5.58. The lowest BCUT2D eigenvalue weighted by Crippen LogP contribution is -2.25. The highest BCUT2D eigenvalue weighted by Gasteiger charge is 2.23. The average molecular weight is 208 g/mol. The van der Waals surface area contributed by atoms with Gasteiger partial charge in [0.2, 0.25) is 0 Å². The molecule has 1 aromatic carbocycles. The lowest BCUT2D eigenvalue weighted by molar-refractivity contribution is -0.0163. The summed E-state index contributed by atoms with van der Waals surface area (Å²) in [6.07, 6.45) is 0.519. The maximum atomic E-state index is 9.94. The summed E-state index contributed by atoms with van der Waals surface area (Å²) in [6.45, 7) is 4.05. The Morgan fingerprint density at radius 1 is 1.13 bits per heavy atom. The zero-order valence-electron chi connectivity index (χ0n) is 9.43. The third-order valence-corrected chi connectivity index (χ3v) is 2.79. The van der Waals surface area contributed by atoms with Gasteiger partial charge in [-0.15, -0.1) is 0 Å². The number of aliphatic hydroxyl groups excluding tert-OH is 2. The van der Waals surface area contributed by atoms with Crippen LogP contribution in [0, 0.1) is 5.92 Å². The maximum absolute atomic E-state index is 9.94. The van der Waals surface area contributed by atoms with Crippen LogP contribution in [-0.2, 0) is 0 Å². The van der Waals surface area contributed by atoms with E-state index in [1.165, 1.54) is 0 Å². The molecule has 0 fully saturated rings. The van der Waals surface area contributed by atoms with Gasteiger partial charge in [-0.3, -0.25) is 0 Å². The molecule has 0 radical (unpaired) electrons. The minimum atomic E-state index is -0.771. The molecule has 2 nitrogen and oxygen atoms in total. The van der Waals surface area contributed by atoms with E-state index in [4.69, 9.17) is 0 Å². The molecule has 0 amide bonds. The molecule has 0 saturated heterocycles. The number of benzene rings is 1. The molecule has 0 spiro atoms. The molecule has 0 aromatic heterocycles. The van der Waals surface area contributed by atoms with E-state index < -0.39 is 12.2 Å². The number of rotatable bonds is 5. The maximum Gasteiger partial charge on any atom is 0.105 e. The zero-order valence-corrected chi connectivity index (χ0v) is 9.43. The average Bonchev–Trinajstić information content (AvgIpc) is 2.28. The summed E-state index contributed by atoms with van der Waals surface area (Å²) in [5, 5.41) is 19.9. The van der Waals surface area contributed by atoms with E-state index in [2.05, 4.69) is 6.92 Å². The molecule has 0 saturated carbocycles. The SMILES string of the molecule is CCCC(C)C(O)C(O)c1ccccc1. The van der Waals surface area contributed by atoms with Gasteiger partial charge in [-0.25, -0.2) is 0 Å². The van der Waals surface area contributed by atoms with Gasteiger partial charge in [0.15, 0.2) is 0 Å². The lowest BCUT2D eigenvalue weighted by Gasteiger charge is -2.23. The second-order valence-electron chi connectivity index (χ2n) is 4.11. The molecule has 84 valence electrons. The van der Waals surface area contributed by atoms with Crippen LogP contribution in [0.2, 0.25) is 0 Å². The van der Waals surface area contributed by atoms with Crippen molar-refractivity contribution in [1.29, 1.82) is 0 Å². The first kappa shape index (κ1) is 12.2. The smallest absolute Gasteiger partial charge is 0.105 e. The third-order valence-electron chi connectivity index (χ3n) is 2.79. The van der Waals surface area contributed by atoms with Crippen molar-refractivity contribution in [2.75, 3.05) is 0 Å². The fourth-order valence-electron chi connectivity index (χ4n) is 1.78. The highest BCUT2D eigenvalue weighted by molar-refractivity contribution is 5.18. The largest absolute Gasteiger partial charge is 0.390 e. The summed E-state index contributed by atoms with van der Waals surface area (Å²) in [5.74, 6) is 0.130. The van der Waals surface area contributed by atoms with Gasteiger partial charge < -0.3 is 10.2 Å². The van der Waals surface area contributed by atoms with Gasteiger partial charge in [0.1, 0.15) is 6.10 Å². The van der Waals surface area contributed by atoms with Crippen LogP contribution in [0.15, 0.2) is 30.3 Å². The minimum Gasteiger partial charge on any atom is -0.390 e. The molecule has 0 aliphatic rings. The van der Waals surface area contributed by atoms with Crippen LogP contribution in [0.4, 0.5) is 0 Å². The highest BCUT2D eigenvalue weighted by atomic mass is 16.3. The normalized spacial score (nSPS) is 17.1. The molecule has 3 unspecified atom stereocenters. The van der Waals surface area contributed by atoms with Crippen LogP contribution in [-0.4, -0.2) is 16.3 Å². The predicted molar refractivity (Wildman–Crippen MR) is 61.5 cm³/mol. The predicted octanol–water partition coefficient (Wildman–Crippen LogP) is 2.52. The Kier molecular flexibility index (Phi) is 4.79. The van der Waals surface area contributed by atoms with E-state index in [1.807, 2.05) is 37.3 Å². The summed E-state index contributed by atoms with van der Waals surface area (Å²) in [6, 6.07) is 9.32. The molecule has 0 aliphatic carbocycles. The third kappa shape index (κ3) is 3.33. The van der Waals surface area contributed by atoms with Crippen molar-refractivity contribution in [3.05, 3.63) is 35.9 Å². The standard InChI is InChI=1S/C13H20O2/c1-3-7-10(2)12(14)13(15)11-8-5-4-6-9-11/h4-6,8-10,12-15H,3,7H2,1-2H3. The molecule has 3 atom stereocenters. The Hall–Kier alpha value is -0.860.